The molecule has 2 heterocycles. The van der Waals surface area contributed by atoms with Crippen LogP contribution in [0.2, 0.25) is 0 Å². The highest BCUT2D eigenvalue weighted by Crippen LogP contribution is 2.32. The van der Waals surface area contributed by atoms with E-state index in [1.54, 1.807) is 11.3 Å². The molecule has 0 unspecified atom stereocenters. The number of carbonyl (C=O) groups excluding carboxylic acids is 2. The molecule has 0 bridgehead atoms. The van der Waals surface area contributed by atoms with E-state index in [2.05, 4.69) is 11.4 Å². The lowest BCUT2D eigenvalue weighted by atomic mass is 9.95. The van der Waals surface area contributed by atoms with Crippen molar-refractivity contribution in [1.29, 1.82) is 0 Å². The zero-order valence-electron chi connectivity index (χ0n) is 13.2. The average molecular weight is 320 g/mol. The monoisotopic (exact) mass is 320 g/mol. The van der Waals surface area contributed by atoms with Gasteiger partial charge in [0.25, 0.3) is 0 Å². The Morgan fingerprint density at radius 1 is 1.23 bits per heavy atom. The van der Waals surface area contributed by atoms with Gasteiger partial charge in [-0.15, -0.1) is 11.3 Å². The van der Waals surface area contributed by atoms with Gasteiger partial charge in [0.05, 0.1) is 6.54 Å². The van der Waals surface area contributed by atoms with Gasteiger partial charge in [-0.05, 0) is 44.1 Å². The molecule has 0 spiro atoms. The molecule has 3 rings (SSSR count). The quantitative estimate of drug-likeness (QED) is 0.837. The Hall–Kier alpha value is -1.36. The maximum Gasteiger partial charge on any atom is 0.226 e. The van der Waals surface area contributed by atoms with Crippen LogP contribution < -0.4 is 0 Å². The number of rotatable bonds is 5. The van der Waals surface area contributed by atoms with E-state index < -0.39 is 0 Å². The largest absolute Gasteiger partial charge is 0.342 e. The van der Waals surface area contributed by atoms with E-state index in [4.69, 9.17) is 0 Å². The molecule has 0 N–H and O–H groups in total. The van der Waals surface area contributed by atoms with Crippen molar-refractivity contribution in [3.05, 3.63) is 22.4 Å². The van der Waals surface area contributed by atoms with Crippen LogP contribution in [0.3, 0.4) is 0 Å². The Bertz CT molecular complexity index is 517. The molecule has 1 aliphatic heterocycles. The Kier molecular flexibility index (Phi) is 4.81. The standard InChI is InChI=1S/C17H24N2O2S/c1-2-18(12-15-4-3-11-22-15)16(20)14-7-9-19(10-8-14)17(21)13-5-6-13/h3-4,11,13-14H,2,5-10,12H2,1H3. The molecule has 0 aromatic carbocycles. The van der Waals surface area contributed by atoms with E-state index >= 15 is 0 Å². The second-order valence-corrected chi connectivity index (χ2v) is 7.34. The number of amides is 2. The normalized spacial score (nSPS) is 19.2. The molecule has 0 radical (unpaired) electrons. The van der Waals surface area contributed by atoms with E-state index in [0.717, 1.165) is 45.3 Å². The maximum atomic E-state index is 12.7. The third kappa shape index (κ3) is 3.51. The summed E-state index contributed by atoms with van der Waals surface area (Å²) in [6.45, 7) is 5.01. The number of nitrogens with zero attached hydrogens (tertiary/aromatic N) is 2. The Morgan fingerprint density at radius 3 is 2.50 bits per heavy atom. The fourth-order valence-corrected chi connectivity index (χ4v) is 3.85. The number of hydrogen-bond acceptors (Lipinski definition) is 3. The fraction of sp³-hybridized carbons (Fsp3) is 0.647. The zero-order chi connectivity index (χ0) is 15.5. The van der Waals surface area contributed by atoms with Crippen LogP contribution in [-0.4, -0.2) is 41.2 Å². The third-order valence-electron chi connectivity index (χ3n) is 4.70. The molecule has 22 heavy (non-hydrogen) atoms. The predicted molar refractivity (Wildman–Crippen MR) is 87.4 cm³/mol. The van der Waals surface area contributed by atoms with Crippen molar-refractivity contribution in [2.24, 2.45) is 11.8 Å². The van der Waals surface area contributed by atoms with Crippen molar-refractivity contribution in [2.75, 3.05) is 19.6 Å². The van der Waals surface area contributed by atoms with Gasteiger partial charge in [0.1, 0.15) is 0 Å². The van der Waals surface area contributed by atoms with Gasteiger partial charge in [-0.1, -0.05) is 6.07 Å². The van der Waals surface area contributed by atoms with Crippen LogP contribution in [0.4, 0.5) is 0 Å². The van der Waals surface area contributed by atoms with Gasteiger partial charge >= 0.3 is 0 Å². The minimum Gasteiger partial charge on any atom is -0.342 e. The molecule has 2 aliphatic rings. The molecule has 1 aromatic rings. The van der Waals surface area contributed by atoms with Crippen molar-refractivity contribution >= 4 is 23.2 Å². The molecule has 1 saturated heterocycles. The molecule has 2 fully saturated rings. The van der Waals surface area contributed by atoms with Gasteiger partial charge in [0.2, 0.25) is 11.8 Å². The topological polar surface area (TPSA) is 40.6 Å². The lowest BCUT2D eigenvalue weighted by Gasteiger charge is -2.34. The summed E-state index contributed by atoms with van der Waals surface area (Å²) in [5.74, 6) is 0.952. The van der Waals surface area contributed by atoms with Crippen molar-refractivity contribution in [1.82, 2.24) is 9.80 Å². The number of piperidine rings is 1. The molecule has 5 heteroatoms. The molecule has 1 aromatic heterocycles. The van der Waals surface area contributed by atoms with Crippen molar-refractivity contribution < 1.29 is 9.59 Å². The van der Waals surface area contributed by atoms with Crippen molar-refractivity contribution in [2.45, 2.75) is 39.2 Å². The summed E-state index contributed by atoms with van der Waals surface area (Å²) in [5.41, 5.74) is 0. The van der Waals surface area contributed by atoms with Crippen LogP contribution in [0.1, 0.15) is 37.5 Å². The zero-order valence-corrected chi connectivity index (χ0v) is 14.0. The third-order valence-corrected chi connectivity index (χ3v) is 5.56. The maximum absolute atomic E-state index is 12.7. The van der Waals surface area contributed by atoms with E-state index in [-0.39, 0.29) is 11.8 Å². The van der Waals surface area contributed by atoms with E-state index in [1.165, 1.54) is 4.88 Å². The average Bonchev–Trinajstić information content (AvgIpc) is 3.28. The first-order valence-electron chi connectivity index (χ1n) is 8.29. The van der Waals surface area contributed by atoms with Crippen molar-refractivity contribution in [3.63, 3.8) is 0 Å². The second kappa shape index (κ2) is 6.82. The lowest BCUT2D eigenvalue weighted by Crippen LogP contribution is -2.44. The molecule has 2 amide bonds. The lowest BCUT2D eigenvalue weighted by molar-refractivity contribution is -0.141. The van der Waals surface area contributed by atoms with Gasteiger partial charge in [-0.25, -0.2) is 0 Å². The van der Waals surface area contributed by atoms with Crippen LogP contribution in [-0.2, 0) is 16.1 Å². The van der Waals surface area contributed by atoms with Gasteiger partial charge in [-0.3, -0.25) is 9.59 Å². The van der Waals surface area contributed by atoms with Crippen LogP contribution in [0, 0.1) is 11.8 Å². The number of hydrogen-bond donors (Lipinski definition) is 0. The van der Waals surface area contributed by atoms with E-state index in [1.807, 2.05) is 22.8 Å². The first-order valence-corrected chi connectivity index (χ1v) is 9.17. The summed E-state index contributed by atoms with van der Waals surface area (Å²) in [7, 11) is 0. The first kappa shape index (κ1) is 15.5. The number of carbonyl (C=O) groups is 2. The highest BCUT2D eigenvalue weighted by atomic mass is 32.1. The molecule has 120 valence electrons. The van der Waals surface area contributed by atoms with Gasteiger partial charge in [0.15, 0.2) is 0 Å². The van der Waals surface area contributed by atoms with E-state index in [0.29, 0.717) is 18.4 Å². The number of thiophene rings is 1. The predicted octanol–water partition coefficient (Wildman–Crippen LogP) is 2.75. The molecule has 1 saturated carbocycles. The smallest absolute Gasteiger partial charge is 0.226 e. The van der Waals surface area contributed by atoms with E-state index in [9.17, 15) is 9.59 Å². The molecule has 0 atom stereocenters. The van der Waals surface area contributed by atoms with Crippen LogP contribution in [0.5, 0.6) is 0 Å². The summed E-state index contributed by atoms with van der Waals surface area (Å²) in [4.78, 5) is 29.9. The molecular weight excluding hydrogens is 296 g/mol. The summed E-state index contributed by atoms with van der Waals surface area (Å²) < 4.78 is 0. The Labute approximate surface area is 136 Å². The second-order valence-electron chi connectivity index (χ2n) is 6.31. The first-order chi connectivity index (χ1) is 10.7. The van der Waals surface area contributed by atoms with Crippen molar-refractivity contribution in [3.8, 4) is 0 Å². The highest BCUT2D eigenvalue weighted by Gasteiger charge is 2.36. The Balaban J connectivity index is 1.52. The minimum atomic E-state index is 0.0863. The number of likely N-dealkylation sites (tertiary alicyclic amines) is 1. The Morgan fingerprint density at radius 2 is 1.95 bits per heavy atom. The van der Waals surface area contributed by atoms with Crippen LogP contribution in [0.25, 0.3) is 0 Å². The SMILES string of the molecule is CCN(Cc1cccs1)C(=O)C1CCN(C(=O)C2CC2)CC1. The van der Waals surface area contributed by atoms with Crippen LogP contribution >= 0.6 is 11.3 Å². The fourth-order valence-electron chi connectivity index (χ4n) is 3.13. The summed E-state index contributed by atoms with van der Waals surface area (Å²) in [6.07, 6.45) is 3.75. The molecule has 1 aliphatic carbocycles. The molecule has 4 nitrogen and oxygen atoms in total. The van der Waals surface area contributed by atoms with Gasteiger partial charge < -0.3 is 9.80 Å². The summed E-state index contributed by atoms with van der Waals surface area (Å²) in [5, 5.41) is 2.05. The van der Waals surface area contributed by atoms with Gasteiger partial charge in [0, 0.05) is 36.3 Å². The minimum absolute atomic E-state index is 0.0863. The molecular formula is C17H24N2O2S. The van der Waals surface area contributed by atoms with Gasteiger partial charge in [-0.2, -0.15) is 0 Å². The summed E-state index contributed by atoms with van der Waals surface area (Å²) >= 11 is 1.70. The van der Waals surface area contributed by atoms with Crippen LogP contribution in [0.15, 0.2) is 17.5 Å². The highest BCUT2D eigenvalue weighted by molar-refractivity contribution is 7.09. The summed E-state index contributed by atoms with van der Waals surface area (Å²) in [6, 6.07) is 4.11.